The van der Waals surface area contributed by atoms with Gasteiger partial charge < -0.3 is 5.32 Å². The molecule has 5 nitrogen and oxygen atoms in total. The fourth-order valence-electron chi connectivity index (χ4n) is 1.30. The molecule has 0 aliphatic heterocycles. The maximum atomic E-state index is 8.76. The molecule has 0 bridgehead atoms. The Balaban J connectivity index is 2.26. The van der Waals surface area contributed by atoms with E-state index in [1.54, 1.807) is 24.3 Å². The average molecular weight is 221 g/mol. The number of rotatable bonds is 2. The second-order valence-electron chi connectivity index (χ2n) is 3.22. The number of nitriles is 2. The lowest BCUT2D eigenvalue weighted by Crippen LogP contribution is -1.95. The molecule has 1 heterocycles. The van der Waals surface area contributed by atoms with Gasteiger partial charge >= 0.3 is 0 Å². The molecule has 1 aromatic heterocycles. The molecule has 80 valence electrons. The van der Waals surface area contributed by atoms with Crippen LogP contribution in [0.4, 0.5) is 11.5 Å². The average Bonchev–Trinajstić information content (AvgIpc) is 2.39. The summed E-state index contributed by atoms with van der Waals surface area (Å²) in [5.74, 6) is 0.520. The lowest BCUT2D eigenvalue weighted by molar-refractivity contribution is 1.14. The van der Waals surface area contributed by atoms with Crippen molar-refractivity contribution < 1.29 is 0 Å². The number of benzene rings is 1. The summed E-state index contributed by atoms with van der Waals surface area (Å²) in [6.07, 6.45) is 1.31. The molecule has 0 saturated carbocycles. The zero-order chi connectivity index (χ0) is 12.1. The van der Waals surface area contributed by atoms with E-state index in [2.05, 4.69) is 21.4 Å². The standard InChI is InChI=1S/C12H7N5/c13-6-9-2-1-3-10(4-9)17-12-5-11(7-14)15-8-16-12/h1-5,8H,(H,15,16,17). The van der Waals surface area contributed by atoms with Crippen LogP contribution in [0.25, 0.3) is 0 Å². The molecule has 1 aromatic carbocycles. The van der Waals surface area contributed by atoms with Crippen LogP contribution < -0.4 is 5.32 Å². The van der Waals surface area contributed by atoms with E-state index in [-0.39, 0.29) is 0 Å². The Kier molecular flexibility index (Phi) is 2.95. The van der Waals surface area contributed by atoms with E-state index in [0.717, 1.165) is 5.69 Å². The Labute approximate surface area is 98.0 Å². The molecule has 0 radical (unpaired) electrons. The Morgan fingerprint density at radius 1 is 1.06 bits per heavy atom. The Morgan fingerprint density at radius 2 is 1.94 bits per heavy atom. The highest BCUT2D eigenvalue weighted by Crippen LogP contribution is 2.15. The van der Waals surface area contributed by atoms with E-state index in [0.29, 0.717) is 17.1 Å². The number of anilines is 2. The van der Waals surface area contributed by atoms with Crippen molar-refractivity contribution in [2.45, 2.75) is 0 Å². The molecule has 1 N–H and O–H groups in total. The molecule has 17 heavy (non-hydrogen) atoms. The van der Waals surface area contributed by atoms with Crippen molar-refractivity contribution in [1.29, 1.82) is 10.5 Å². The van der Waals surface area contributed by atoms with Crippen molar-refractivity contribution in [2.75, 3.05) is 5.32 Å². The summed E-state index contributed by atoms with van der Waals surface area (Å²) in [4.78, 5) is 7.75. The van der Waals surface area contributed by atoms with Crippen LogP contribution in [0, 0.1) is 22.7 Å². The van der Waals surface area contributed by atoms with E-state index in [9.17, 15) is 0 Å². The summed E-state index contributed by atoms with van der Waals surface area (Å²) in [6.45, 7) is 0. The maximum absolute atomic E-state index is 8.76. The normalized spacial score (nSPS) is 9.06. The second kappa shape index (κ2) is 4.73. The van der Waals surface area contributed by atoms with Gasteiger partial charge in [-0.2, -0.15) is 10.5 Å². The number of aromatic nitrogens is 2. The summed E-state index contributed by atoms with van der Waals surface area (Å²) in [6, 6.07) is 12.5. The van der Waals surface area contributed by atoms with Crippen LogP contribution in [0.3, 0.4) is 0 Å². The minimum atomic E-state index is 0.291. The quantitative estimate of drug-likeness (QED) is 0.837. The summed E-state index contributed by atoms with van der Waals surface area (Å²) in [7, 11) is 0. The summed E-state index contributed by atoms with van der Waals surface area (Å²) >= 11 is 0. The van der Waals surface area contributed by atoms with Crippen molar-refractivity contribution in [3.63, 3.8) is 0 Å². The van der Waals surface area contributed by atoms with Gasteiger partial charge in [0.25, 0.3) is 0 Å². The van der Waals surface area contributed by atoms with Gasteiger partial charge in [0, 0.05) is 11.8 Å². The summed E-state index contributed by atoms with van der Waals surface area (Å²) in [5.41, 5.74) is 1.59. The summed E-state index contributed by atoms with van der Waals surface area (Å²) < 4.78 is 0. The third-order valence-electron chi connectivity index (χ3n) is 2.05. The van der Waals surface area contributed by atoms with Crippen LogP contribution >= 0.6 is 0 Å². The smallest absolute Gasteiger partial charge is 0.145 e. The highest BCUT2D eigenvalue weighted by molar-refractivity contribution is 5.58. The predicted octanol–water partition coefficient (Wildman–Crippen LogP) is 1.96. The van der Waals surface area contributed by atoms with Gasteiger partial charge in [0.2, 0.25) is 0 Å². The first-order chi connectivity index (χ1) is 8.31. The Bertz CT molecular complexity index is 566. The van der Waals surface area contributed by atoms with Gasteiger partial charge in [-0.05, 0) is 18.2 Å². The molecule has 0 saturated heterocycles. The largest absolute Gasteiger partial charge is 0.340 e. The molecule has 0 aliphatic rings. The molecule has 2 rings (SSSR count). The van der Waals surface area contributed by atoms with Gasteiger partial charge in [0.1, 0.15) is 23.9 Å². The highest BCUT2D eigenvalue weighted by atomic mass is 15.0. The highest BCUT2D eigenvalue weighted by Gasteiger charge is 1.99. The minimum absolute atomic E-state index is 0.291. The van der Waals surface area contributed by atoms with E-state index in [1.807, 2.05) is 12.1 Å². The van der Waals surface area contributed by atoms with Gasteiger partial charge in [0.05, 0.1) is 11.6 Å². The number of nitrogens with one attached hydrogen (secondary N) is 1. The Morgan fingerprint density at radius 3 is 2.71 bits per heavy atom. The van der Waals surface area contributed by atoms with Crippen LogP contribution in [0.1, 0.15) is 11.3 Å². The third-order valence-corrected chi connectivity index (χ3v) is 2.05. The van der Waals surface area contributed by atoms with E-state index in [1.165, 1.54) is 6.33 Å². The van der Waals surface area contributed by atoms with Crippen LogP contribution in [-0.4, -0.2) is 9.97 Å². The van der Waals surface area contributed by atoms with Crippen molar-refractivity contribution in [3.8, 4) is 12.1 Å². The van der Waals surface area contributed by atoms with Crippen LogP contribution in [-0.2, 0) is 0 Å². The maximum Gasteiger partial charge on any atom is 0.145 e. The molecule has 0 aliphatic carbocycles. The zero-order valence-electron chi connectivity index (χ0n) is 8.75. The lowest BCUT2D eigenvalue weighted by atomic mass is 10.2. The molecule has 0 atom stereocenters. The van der Waals surface area contributed by atoms with Gasteiger partial charge in [0.15, 0.2) is 0 Å². The molecule has 5 heteroatoms. The SMILES string of the molecule is N#Cc1cccc(Nc2cc(C#N)ncn2)c1. The molecule has 0 unspecified atom stereocenters. The monoisotopic (exact) mass is 221 g/mol. The van der Waals surface area contributed by atoms with Crippen molar-refractivity contribution in [3.05, 3.63) is 47.9 Å². The zero-order valence-corrected chi connectivity index (χ0v) is 8.75. The molecular weight excluding hydrogens is 214 g/mol. The van der Waals surface area contributed by atoms with Gasteiger partial charge in [-0.25, -0.2) is 9.97 Å². The predicted molar refractivity (Wildman–Crippen MR) is 61.2 cm³/mol. The number of hydrogen-bond acceptors (Lipinski definition) is 5. The number of nitrogens with zero attached hydrogens (tertiary/aromatic N) is 4. The first-order valence-electron chi connectivity index (χ1n) is 4.81. The number of hydrogen-bond donors (Lipinski definition) is 1. The molecule has 0 amide bonds. The first-order valence-corrected chi connectivity index (χ1v) is 4.81. The summed E-state index contributed by atoms with van der Waals surface area (Å²) in [5, 5.41) is 20.5. The molecular formula is C12H7N5. The second-order valence-corrected chi connectivity index (χ2v) is 3.22. The van der Waals surface area contributed by atoms with E-state index >= 15 is 0 Å². The van der Waals surface area contributed by atoms with Crippen molar-refractivity contribution in [1.82, 2.24) is 9.97 Å². The molecule has 0 fully saturated rings. The van der Waals surface area contributed by atoms with Crippen LogP contribution in [0.2, 0.25) is 0 Å². The fraction of sp³-hybridized carbons (Fsp3) is 0. The minimum Gasteiger partial charge on any atom is -0.340 e. The van der Waals surface area contributed by atoms with Crippen molar-refractivity contribution in [2.24, 2.45) is 0 Å². The van der Waals surface area contributed by atoms with Gasteiger partial charge in [-0.1, -0.05) is 6.07 Å². The van der Waals surface area contributed by atoms with E-state index < -0.39 is 0 Å². The lowest BCUT2D eigenvalue weighted by Gasteiger charge is -2.04. The Hall–Kier alpha value is -2.92. The fourth-order valence-corrected chi connectivity index (χ4v) is 1.30. The van der Waals surface area contributed by atoms with Gasteiger partial charge in [-0.15, -0.1) is 0 Å². The van der Waals surface area contributed by atoms with E-state index in [4.69, 9.17) is 10.5 Å². The topological polar surface area (TPSA) is 85.4 Å². The molecule has 2 aromatic rings. The van der Waals surface area contributed by atoms with Gasteiger partial charge in [-0.3, -0.25) is 0 Å². The van der Waals surface area contributed by atoms with Crippen LogP contribution in [0.5, 0.6) is 0 Å². The third kappa shape index (κ3) is 2.55. The molecule has 0 spiro atoms. The first kappa shape index (κ1) is 10.6. The van der Waals surface area contributed by atoms with Crippen LogP contribution in [0.15, 0.2) is 36.7 Å². The van der Waals surface area contributed by atoms with Crippen molar-refractivity contribution >= 4 is 11.5 Å².